The molecule has 0 unspecified atom stereocenters. The van der Waals surface area contributed by atoms with Gasteiger partial charge < -0.3 is 9.80 Å². The smallest absolute Gasteiger partial charge is 0.270 e. The van der Waals surface area contributed by atoms with Crippen molar-refractivity contribution in [2.24, 2.45) is 5.41 Å². The number of nitro groups is 1. The van der Waals surface area contributed by atoms with E-state index in [1.165, 1.54) is 12.1 Å². The Bertz CT molecular complexity index is 1290. The van der Waals surface area contributed by atoms with E-state index in [0.29, 0.717) is 37.4 Å². The van der Waals surface area contributed by atoms with Crippen LogP contribution in [0.3, 0.4) is 0 Å². The van der Waals surface area contributed by atoms with Crippen LogP contribution in [0, 0.1) is 15.5 Å². The number of piperidine rings is 1. The van der Waals surface area contributed by atoms with Gasteiger partial charge >= 0.3 is 0 Å². The molecule has 2 saturated heterocycles. The summed E-state index contributed by atoms with van der Waals surface area (Å²) in [5.41, 5.74) is 2.35. The maximum atomic E-state index is 13.0. The third-order valence-electron chi connectivity index (χ3n) is 7.18. The molecule has 2 aromatic heterocycles. The van der Waals surface area contributed by atoms with Gasteiger partial charge in [0, 0.05) is 56.1 Å². The summed E-state index contributed by atoms with van der Waals surface area (Å²) in [6.45, 7) is 2.96. The van der Waals surface area contributed by atoms with Gasteiger partial charge in [0.15, 0.2) is 0 Å². The Morgan fingerprint density at radius 1 is 1.11 bits per heavy atom. The highest BCUT2D eigenvalue weighted by molar-refractivity contribution is 7.08. The van der Waals surface area contributed by atoms with E-state index in [0.717, 1.165) is 24.8 Å². The first-order chi connectivity index (χ1) is 17.4. The van der Waals surface area contributed by atoms with Crippen molar-refractivity contribution in [2.75, 3.05) is 26.2 Å². The predicted molar refractivity (Wildman–Crippen MR) is 137 cm³/mol. The van der Waals surface area contributed by atoms with Crippen molar-refractivity contribution < 1.29 is 14.5 Å². The average molecular weight is 506 g/mol. The predicted octanol–water partition coefficient (Wildman–Crippen LogP) is 4.07. The molecule has 10 heteroatoms. The summed E-state index contributed by atoms with van der Waals surface area (Å²) >= 11 is 1.61. The number of likely N-dealkylation sites (tertiary alicyclic amines) is 2. The lowest BCUT2D eigenvalue weighted by molar-refractivity contribution is -0.384. The fourth-order valence-electron chi connectivity index (χ4n) is 5.02. The minimum absolute atomic E-state index is 0.00622. The molecule has 3 aromatic rings. The zero-order chi connectivity index (χ0) is 25.1. The zero-order valence-electron chi connectivity index (χ0n) is 19.8. The highest BCUT2D eigenvalue weighted by Gasteiger charge is 2.42. The maximum Gasteiger partial charge on any atom is 0.270 e. The van der Waals surface area contributed by atoms with Gasteiger partial charge in [-0.15, -0.1) is 0 Å². The Hall–Kier alpha value is -3.79. The van der Waals surface area contributed by atoms with Crippen molar-refractivity contribution >= 4 is 34.9 Å². The number of non-ortho nitro benzene ring substituents is 1. The molecule has 2 fully saturated rings. The van der Waals surface area contributed by atoms with Gasteiger partial charge in [-0.3, -0.25) is 24.4 Å². The number of hydrogen-bond acceptors (Lipinski definition) is 6. The number of amides is 2. The number of benzene rings is 1. The molecule has 0 N–H and O–H groups in total. The lowest BCUT2D eigenvalue weighted by Gasteiger charge is -2.39. The summed E-state index contributed by atoms with van der Waals surface area (Å²) in [5.74, 6) is 0.0537. The second-order valence-corrected chi connectivity index (χ2v) is 10.3. The molecule has 186 valence electrons. The highest BCUT2D eigenvalue weighted by atomic mass is 32.1. The van der Waals surface area contributed by atoms with Crippen LogP contribution in [-0.4, -0.2) is 62.5 Å². The first-order valence-electron chi connectivity index (χ1n) is 12.0. The molecule has 2 aliphatic heterocycles. The molecular formula is C26H27N5O4S. The van der Waals surface area contributed by atoms with Crippen LogP contribution >= 0.6 is 11.3 Å². The molecule has 0 bridgehead atoms. The summed E-state index contributed by atoms with van der Waals surface area (Å²) in [5, 5.41) is 19.5. The molecule has 9 nitrogen and oxygen atoms in total. The molecule has 1 aromatic carbocycles. The summed E-state index contributed by atoms with van der Waals surface area (Å²) in [6, 6.07) is 10.1. The first-order valence-corrected chi connectivity index (χ1v) is 12.9. The van der Waals surface area contributed by atoms with Gasteiger partial charge in [0.05, 0.1) is 10.6 Å². The lowest BCUT2D eigenvalue weighted by atomic mass is 9.78. The van der Waals surface area contributed by atoms with Gasteiger partial charge in [-0.05, 0) is 59.2 Å². The van der Waals surface area contributed by atoms with Crippen molar-refractivity contribution in [1.29, 1.82) is 0 Å². The number of carbonyl (C=O) groups excluding carboxylic acids is 2. The third kappa shape index (κ3) is 5.23. The number of hydrogen-bond donors (Lipinski definition) is 0. The molecule has 36 heavy (non-hydrogen) atoms. The number of rotatable bonds is 6. The molecule has 5 rings (SSSR count). The van der Waals surface area contributed by atoms with Crippen molar-refractivity contribution in [1.82, 2.24) is 19.6 Å². The van der Waals surface area contributed by atoms with Crippen molar-refractivity contribution in [2.45, 2.75) is 25.8 Å². The maximum absolute atomic E-state index is 13.0. The number of nitro benzene ring substituents is 1. The third-order valence-corrected chi connectivity index (χ3v) is 7.88. The van der Waals surface area contributed by atoms with Gasteiger partial charge in [-0.25, -0.2) is 0 Å². The average Bonchev–Trinajstić information content (AvgIpc) is 3.65. The molecular weight excluding hydrogens is 478 g/mol. The Morgan fingerprint density at radius 3 is 2.61 bits per heavy atom. The van der Waals surface area contributed by atoms with Crippen LogP contribution in [-0.2, 0) is 16.1 Å². The number of nitrogens with zero attached hydrogens (tertiary/aromatic N) is 5. The standard InChI is InChI=1S/C26H27N5O4S/c32-24(5-4-20-7-15-36-18-20)28-12-8-26(9-13-28)10-14-29(19-26)25(33)17-30-11-6-23(27-30)21-2-1-3-22(16-21)31(34)35/h1-7,11,15-16,18H,8-10,12-14,17,19H2. The summed E-state index contributed by atoms with van der Waals surface area (Å²) in [7, 11) is 0. The topological polar surface area (TPSA) is 102 Å². The van der Waals surface area contributed by atoms with Crippen LogP contribution in [0.2, 0.25) is 0 Å². The lowest BCUT2D eigenvalue weighted by Crippen LogP contribution is -2.44. The van der Waals surface area contributed by atoms with Gasteiger partial charge in [-0.2, -0.15) is 16.4 Å². The van der Waals surface area contributed by atoms with Crippen LogP contribution < -0.4 is 0 Å². The Balaban J connectivity index is 1.14. The van der Waals surface area contributed by atoms with E-state index in [2.05, 4.69) is 5.10 Å². The molecule has 1 spiro atoms. The van der Waals surface area contributed by atoms with Crippen LogP contribution in [0.1, 0.15) is 24.8 Å². The van der Waals surface area contributed by atoms with Gasteiger partial charge in [0.2, 0.25) is 11.8 Å². The fraction of sp³-hybridized carbons (Fsp3) is 0.346. The quantitative estimate of drug-likeness (QED) is 0.285. The van der Waals surface area contributed by atoms with Crippen molar-refractivity contribution in [3.63, 3.8) is 0 Å². The van der Waals surface area contributed by atoms with Gasteiger partial charge in [0.25, 0.3) is 5.69 Å². The van der Waals surface area contributed by atoms with Crippen molar-refractivity contribution in [3.8, 4) is 11.3 Å². The van der Waals surface area contributed by atoms with E-state index in [-0.39, 0.29) is 29.5 Å². The Labute approximate surface area is 212 Å². The summed E-state index contributed by atoms with van der Waals surface area (Å²) in [6.07, 6.45) is 7.98. The normalized spacial score (nSPS) is 17.2. The largest absolute Gasteiger partial charge is 0.341 e. The SMILES string of the molecule is O=C(C=Cc1ccsc1)N1CCC2(CC1)CCN(C(=O)Cn1ccc(-c3cccc([N+](=O)[O-])c3)n1)C2. The Morgan fingerprint density at radius 2 is 1.89 bits per heavy atom. The molecule has 2 amide bonds. The van der Waals surface area contributed by atoms with Crippen LogP contribution in [0.15, 0.2) is 59.4 Å². The Kier molecular flexibility index (Phi) is 6.69. The number of carbonyl (C=O) groups is 2. The van der Waals surface area contributed by atoms with E-state index in [1.807, 2.05) is 32.7 Å². The monoisotopic (exact) mass is 505 g/mol. The van der Waals surface area contributed by atoms with E-state index >= 15 is 0 Å². The summed E-state index contributed by atoms with van der Waals surface area (Å²) < 4.78 is 1.59. The molecule has 0 atom stereocenters. The second-order valence-electron chi connectivity index (χ2n) is 9.49. The van der Waals surface area contributed by atoms with E-state index in [4.69, 9.17) is 0 Å². The number of thiophene rings is 1. The minimum Gasteiger partial charge on any atom is -0.341 e. The first kappa shape index (κ1) is 23.9. The number of aromatic nitrogens is 2. The van der Waals surface area contributed by atoms with Crippen LogP contribution in [0.25, 0.3) is 17.3 Å². The summed E-state index contributed by atoms with van der Waals surface area (Å²) in [4.78, 5) is 40.0. The van der Waals surface area contributed by atoms with Crippen LogP contribution in [0.4, 0.5) is 5.69 Å². The molecule has 4 heterocycles. The second kappa shape index (κ2) is 10.1. The molecule has 0 aliphatic carbocycles. The molecule has 0 radical (unpaired) electrons. The van der Waals surface area contributed by atoms with Crippen LogP contribution in [0.5, 0.6) is 0 Å². The van der Waals surface area contributed by atoms with E-state index in [9.17, 15) is 19.7 Å². The minimum atomic E-state index is -0.435. The molecule has 2 aliphatic rings. The van der Waals surface area contributed by atoms with Crippen molar-refractivity contribution in [3.05, 3.63) is 75.1 Å². The highest BCUT2D eigenvalue weighted by Crippen LogP contribution is 2.40. The van der Waals surface area contributed by atoms with E-state index < -0.39 is 4.92 Å². The zero-order valence-corrected chi connectivity index (χ0v) is 20.6. The van der Waals surface area contributed by atoms with Gasteiger partial charge in [-0.1, -0.05) is 12.1 Å². The van der Waals surface area contributed by atoms with Gasteiger partial charge in [0.1, 0.15) is 6.54 Å². The molecule has 0 saturated carbocycles. The fourth-order valence-corrected chi connectivity index (χ4v) is 5.65. The van der Waals surface area contributed by atoms with E-state index in [1.54, 1.807) is 46.5 Å².